The summed E-state index contributed by atoms with van der Waals surface area (Å²) in [6, 6.07) is 0. The van der Waals surface area contributed by atoms with Gasteiger partial charge in [-0.1, -0.05) is 20.8 Å². The molecule has 0 bridgehead atoms. The molecule has 4 nitrogen and oxygen atoms in total. The number of hydrogen-bond acceptors (Lipinski definition) is 4. The molecule has 0 aliphatic heterocycles. The Balaban J connectivity index is 3.07. The Morgan fingerprint density at radius 2 is 1.72 bits per heavy atom. The number of anilines is 2. The molecule has 0 aliphatic carbocycles. The van der Waals surface area contributed by atoms with Crippen LogP contribution in [0.5, 0.6) is 0 Å². The molecule has 102 valence electrons. The number of nitrogens with zero attached hydrogens (tertiary/aromatic N) is 3. The molecule has 4 heteroatoms. The third kappa shape index (κ3) is 3.59. The molecule has 1 heterocycles. The average Bonchev–Trinajstić information content (AvgIpc) is 2.38. The van der Waals surface area contributed by atoms with Crippen molar-refractivity contribution in [2.75, 3.05) is 29.9 Å². The molecule has 0 aromatic carbocycles. The van der Waals surface area contributed by atoms with Gasteiger partial charge in [0.15, 0.2) is 0 Å². The Morgan fingerprint density at radius 1 is 1.06 bits per heavy atom. The van der Waals surface area contributed by atoms with Crippen LogP contribution in [0.15, 0.2) is 6.33 Å². The van der Waals surface area contributed by atoms with Gasteiger partial charge in [0.2, 0.25) is 0 Å². The Hall–Kier alpha value is -1.32. The number of nitrogens with one attached hydrogen (secondary N) is 1. The lowest BCUT2D eigenvalue weighted by Crippen LogP contribution is -2.27. The van der Waals surface area contributed by atoms with Crippen LogP contribution >= 0.6 is 0 Å². The molecule has 0 atom stereocenters. The van der Waals surface area contributed by atoms with Crippen molar-refractivity contribution in [3.05, 3.63) is 11.9 Å². The molecule has 0 unspecified atom stereocenters. The van der Waals surface area contributed by atoms with Crippen molar-refractivity contribution in [3.8, 4) is 0 Å². The Labute approximate surface area is 111 Å². The molecule has 1 aromatic heterocycles. The van der Waals surface area contributed by atoms with E-state index in [1.165, 1.54) is 5.56 Å². The normalized spacial score (nSPS) is 10.4. The molecule has 0 saturated carbocycles. The van der Waals surface area contributed by atoms with Crippen LogP contribution in [0.1, 0.15) is 46.1 Å². The molecule has 0 radical (unpaired) electrons. The first kappa shape index (κ1) is 14.7. The molecule has 0 amide bonds. The second-order valence-electron chi connectivity index (χ2n) is 4.40. The van der Waals surface area contributed by atoms with Gasteiger partial charge in [0.25, 0.3) is 0 Å². The number of rotatable bonds is 8. The highest BCUT2D eigenvalue weighted by molar-refractivity contribution is 5.58. The maximum absolute atomic E-state index is 4.50. The fraction of sp³-hybridized carbons (Fsp3) is 0.714. The quantitative estimate of drug-likeness (QED) is 0.769. The van der Waals surface area contributed by atoms with Gasteiger partial charge in [-0.15, -0.1) is 0 Å². The van der Waals surface area contributed by atoms with E-state index >= 15 is 0 Å². The first-order valence-corrected chi connectivity index (χ1v) is 7.11. The summed E-state index contributed by atoms with van der Waals surface area (Å²) < 4.78 is 0. The van der Waals surface area contributed by atoms with Gasteiger partial charge in [0.1, 0.15) is 18.0 Å². The van der Waals surface area contributed by atoms with E-state index in [0.717, 1.165) is 50.5 Å². The molecule has 0 saturated heterocycles. The molecule has 0 fully saturated rings. The van der Waals surface area contributed by atoms with Crippen molar-refractivity contribution in [1.82, 2.24) is 9.97 Å². The largest absolute Gasteiger partial charge is 0.370 e. The van der Waals surface area contributed by atoms with Gasteiger partial charge < -0.3 is 10.2 Å². The summed E-state index contributed by atoms with van der Waals surface area (Å²) in [5.41, 5.74) is 1.24. The Kier molecular flexibility index (Phi) is 6.47. The fourth-order valence-electron chi connectivity index (χ4n) is 2.18. The molecular formula is C14H26N4. The third-order valence-electron chi connectivity index (χ3n) is 2.91. The molecule has 1 N–H and O–H groups in total. The maximum atomic E-state index is 4.50. The van der Waals surface area contributed by atoms with Crippen molar-refractivity contribution >= 4 is 11.6 Å². The topological polar surface area (TPSA) is 41.1 Å². The van der Waals surface area contributed by atoms with Gasteiger partial charge in [-0.2, -0.15) is 0 Å². The van der Waals surface area contributed by atoms with Crippen LogP contribution in [0, 0.1) is 0 Å². The van der Waals surface area contributed by atoms with Gasteiger partial charge in [-0.05, 0) is 26.2 Å². The zero-order chi connectivity index (χ0) is 13.4. The standard InChI is InChI=1S/C14H26N4/c1-5-9-18(10-6-2)14-12(7-3)13(15-8-4)16-11-17-14/h11H,5-10H2,1-4H3,(H,15,16,17). The number of aromatic nitrogens is 2. The predicted molar refractivity (Wildman–Crippen MR) is 78.4 cm³/mol. The monoisotopic (exact) mass is 250 g/mol. The highest BCUT2D eigenvalue weighted by Gasteiger charge is 2.14. The zero-order valence-corrected chi connectivity index (χ0v) is 12.2. The predicted octanol–water partition coefficient (Wildman–Crippen LogP) is 3.10. The van der Waals surface area contributed by atoms with Crippen molar-refractivity contribution < 1.29 is 0 Å². The lowest BCUT2D eigenvalue weighted by atomic mass is 10.2. The number of hydrogen-bond donors (Lipinski definition) is 1. The van der Waals surface area contributed by atoms with Gasteiger partial charge >= 0.3 is 0 Å². The maximum Gasteiger partial charge on any atom is 0.137 e. The minimum Gasteiger partial charge on any atom is -0.370 e. The van der Waals surface area contributed by atoms with Crippen molar-refractivity contribution in [1.29, 1.82) is 0 Å². The summed E-state index contributed by atoms with van der Waals surface area (Å²) in [5.74, 6) is 2.09. The van der Waals surface area contributed by atoms with Crippen LogP contribution in [-0.2, 0) is 6.42 Å². The molecule has 1 aromatic rings. The molecule has 1 rings (SSSR count). The minimum absolute atomic E-state index is 0.894. The van der Waals surface area contributed by atoms with Crippen LogP contribution in [0.3, 0.4) is 0 Å². The smallest absolute Gasteiger partial charge is 0.137 e. The van der Waals surface area contributed by atoms with E-state index in [-0.39, 0.29) is 0 Å². The van der Waals surface area contributed by atoms with Crippen molar-refractivity contribution in [2.45, 2.75) is 47.0 Å². The Morgan fingerprint density at radius 3 is 2.22 bits per heavy atom. The second kappa shape index (κ2) is 7.90. The van der Waals surface area contributed by atoms with Gasteiger partial charge in [-0.25, -0.2) is 9.97 Å². The van der Waals surface area contributed by atoms with Crippen molar-refractivity contribution in [2.24, 2.45) is 0 Å². The van der Waals surface area contributed by atoms with E-state index in [1.54, 1.807) is 6.33 Å². The van der Waals surface area contributed by atoms with E-state index < -0.39 is 0 Å². The third-order valence-corrected chi connectivity index (χ3v) is 2.91. The van der Waals surface area contributed by atoms with Gasteiger partial charge in [0.05, 0.1) is 0 Å². The van der Waals surface area contributed by atoms with Crippen LogP contribution < -0.4 is 10.2 Å². The van der Waals surface area contributed by atoms with Gasteiger partial charge in [0, 0.05) is 25.2 Å². The first-order chi connectivity index (χ1) is 8.78. The van der Waals surface area contributed by atoms with Crippen LogP contribution in [0.4, 0.5) is 11.6 Å². The highest BCUT2D eigenvalue weighted by Crippen LogP contribution is 2.24. The summed E-state index contributed by atoms with van der Waals surface area (Å²) >= 11 is 0. The summed E-state index contributed by atoms with van der Waals surface area (Å²) in [6.07, 6.45) is 4.92. The van der Waals surface area contributed by atoms with E-state index in [0.29, 0.717) is 0 Å². The lowest BCUT2D eigenvalue weighted by Gasteiger charge is -2.25. The Bertz CT molecular complexity index is 346. The molecule has 0 aliphatic rings. The summed E-state index contributed by atoms with van der Waals surface area (Å²) in [7, 11) is 0. The lowest BCUT2D eigenvalue weighted by molar-refractivity contribution is 0.727. The zero-order valence-electron chi connectivity index (χ0n) is 12.2. The van der Waals surface area contributed by atoms with Crippen LogP contribution in [0.2, 0.25) is 0 Å². The molecule has 0 spiro atoms. The van der Waals surface area contributed by atoms with Crippen LogP contribution in [0.25, 0.3) is 0 Å². The molecule has 18 heavy (non-hydrogen) atoms. The minimum atomic E-state index is 0.894. The van der Waals surface area contributed by atoms with E-state index in [2.05, 4.69) is 47.9 Å². The van der Waals surface area contributed by atoms with Gasteiger partial charge in [-0.3, -0.25) is 0 Å². The van der Waals surface area contributed by atoms with Crippen LogP contribution in [-0.4, -0.2) is 29.6 Å². The first-order valence-electron chi connectivity index (χ1n) is 7.11. The highest BCUT2D eigenvalue weighted by atomic mass is 15.2. The van der Waals surface area contributed by atoms with E-state index in [4.69, 9.17) is 0 Å². The van der Waals surface area contributed by atoms with E-state index in [1.807, 2.05) is 0 Å². The summed E-state index contributed by atoms with van der Waals surface area (Å²) in [6.45, 7) is 11.7. The average molecular weight is 250 g/mol. The van der Waals surface area contributed by atoms with E-state index in [9.17, 15) is 0 Å². The molecular weight excluding hydrogens is 224 g/mol. The summed E-state index contributed by atoms with van der Waals surface area (Å²) in [4.78, 5) is 11.2. The van der Waals surface area contributed by atoms with Crippen molar-refractivity contribution in [3.63, 3.8) is 0 Å². The SMILES string of the molecule is CCCN(CCC)c1ncnc(NCC)c1CC. The fourth-order valence-corrected chi connectivity index (χ4v) is 2.18. The summed E-state index contributed by atoms with van der Waals surface area (Å²) in [5, 5.41) is 3.33. The second-order valence-corrected chi connectivity index (χ2v) is 4.40.